The van der Waals surface area contributed by atoms with Gasteiger partial charge >= 0.3 is 0 Å². The van der Waals surface area contributed by atoms with Gasteiger partial charge in [-0.2, -0.15) is 0 Å². The van der Waals surface area contributed by atoms with E-state index < -0.39 is 5.60 Å². The summed E-state index contributed by atoms with van der Waals surface area (Å²) in [4.78, 5) is 0. The number of halogens is 1. The van der Waals surface area contributed by atoms with Gasteiger partial charge in [-0.3, -0.25) is 0 Å². The van der Waals surface area contributed by atoms with Gasteiger partial charge in [0.1, 0.15) is 0 Å². The van der Waals surface area contributed by atoms with E-state index >= 15 is 0 Å². The fraction of sp³-hybridized carbons (Fsp3) is 0.143. The fourth-order valence-electron chi connectivity index (χ4n) is 2.75. The number of benzene rings is 3. The molecular weight excluding hydrogens is 304 g/mol. The van der Waals surface area contributed by atoms with Gasteiger partial charge in [0.2, 0.25) is 0 Å². The number of aliphatic hydroxyl groups is 1. The number of hydrogen-bond donors (Lipinski definition) is 1. The second-order valence-electron chi connectivity index (χ2n) is 6.02. The highest BCUT2D eigenvalue weighted by molar-refractivity contribution is 6.30. The zero-order chi connectivity index (χ0) is 16.3. The SMILES string of the molecule is CC(O)(Cc1ccc(Cl)cc1)c1ccc(-c2ccccc2)cc1. The lowest BCUT2D eigenvalue weighted by Crippen LogP contribution is -2.24. The zero-order valence-corrected chi connectivity index (χ0v) is 13.8. The first kappa shape index (κ1) is 15.8. The maximum Gasteiger partial charge on any atom is 0.0908 e. The molecule has 0 heterocycles. The van der Waals surface area contributed by atoms with Gasteiger partial charge in [-0.05, 0) is 41.3 Å². The predicted molar refractivity (Wildman–Crippen MR) is 96.6 cm³/mol. The van der Waals surface area contributed by atoms with E-state index in [1.165, 1.54) is 5.56 Å². The van der Waals surface area contributed by atoms with Crippen LogP contribution in [-0.2, 0) is 12.0 Å². The maximum atomic E-state index is 10.8. The minimum Gasteiger partial charge on any atom is -0.385 e. The molecule has 0 radical (unpaired) electrons. The van der Waals surface area contributed by atoms with Crippen molar-refractivity contribution in [3.8, 4) is 11.1 Å². The van der Waals surface area contributed by atoms with E-state index in [-0.39, 0.29) is 0 Å². The molecule has 23 heavy (non-hydrogen) atoms. The van der Waals surface area contributed by atoms with E-state index in [0.717, 1.165) is 16.7 Å². The Hall–Kier alpha value is -2.09. The van der Waals surface area contributed by atoms with E-state index in [1.54, 1.807) is 0 Å². The zero-order valence-electron chi connectivity index (χ0n) is 13.0. The van der Waals surface area contributed by atoms with Gasteiger partial charge in [0.05, 0.1) is 5.60 Å². The first-order chi connectivity index (χ1) is 11.0. The summed E-state index contributed by atoms with van der Waals surface area (Å²) in [6.07, 6.45) is 0.550. The second-order valence-corrected chi connectivity index (χ2v) is 6.46. The van der Waals surface area contributed by atoms with Crippen LogP contribution in [0, 0.1) is 0 Å². The number of rotatable bonds is 4. The third-order valence-corrected chi connectivity index (χ3v) is 4.33. The molecule has 0 saturated carbocycles. The largest absolute Gasteiger partial charge is 0.385 e. The minimum absolute atomic E-state index is 0.550. The van der Waals surface area contributed by atoms with E-state index in [2.05, 4.69) is 24.3 Å². The molecule has 0 aliphatic heterocycles. The van der Waals surface area contributed by atoms with Crippen molar-refractivity contribution >= 4 is 11.6 Å². The molecular formula is C21H19ClO. The first-order valence-corrected chi connectivity index (χ1v) is 8.05. The summed E-state index contributed by atoms with van der Waals surface area (Å²) in [6.45, 7) is 1.85. The highest BCUT2D eigenvalue weighted by Crippen LogP contribution is 2.28. The Morgan fingerprint density at radius 2 is 1.35 bits per heavy atom. The van der Waals surface area contributed by atoms with Crippen molar-refractivity contribution in [3.63, 3.8) is 0 Å². The lowest BCUT2D eigenvalue weighted by atomic mass is 9.88. The molecule has 0 aromatic heterocycles. The lowest BCUT2D eigenvalue weighted by Gasteiger charge is -2.24. The Morgan fingerprint density at radius 1 is 0.783 bits per heavy atom. The van der Waals surface area contributed by atoms with E-state index in [1.807, 2.05) is 61.5 Å². The molecule has 116 valence electrons. The van der Waals surface area contributed by atoms with Crippen molar-refractivity contribution in [1.29, 1.82) is 0 Å². The van der Waals surface area contributed by atoms with Crippen LogP contribution in [-0.4, -0.2) is 5.11 Å². The maximum absolute atomic E-state index is 10.8. The standard InChI is InChI=1S/C21H19ClO/c1-21(23,15-16-7-13-20(22)14-8-16)19-11-9-18(10-12-19)17-5-3-2-4-6-17/h2-14,23H,15H2,1H3. The molecule has 0 aliphatic carbocycles. The van der Waals surface area contributed by atoms with Crippen LogP contribution in [0.25, 0.3) is 11.1 Å². The van der Waals surface area contributed by atoms with Crippen molar-refractivity contribution < 1.29 is 5.11 Å². The average molecular weight is 323 g/mol. The van der Waals surface area contributed by atoms with Crippen LogP contribution in [0.2, 0.25) is 5.02 Å². The molecule has 0 amide bonds. The minimum atomic E-state index is -0.914. The third kappa shape index (κ3) is 3.82. The van der Waals surface area contributed by atoms with Crippen LogP contribution in [0.15, 0.2) is 78.9 Å². The van der Waals surface area contributed by atoms with Gasteiger partial charge in [-0.25, -0.2) is 0 Å². The quantitative estimate of drug-likeness (QED) is 0.676. The monoisotopic (exact) mass is 322 g/mol. The van der Waals surface area contributed by atoms with Crippen LogP contribution in [0.5, 0.6) is 0 Å². The lowest BCUT2D eigenvalue weighted by molar-refractivity contribution is 0.0576. The molecule has 0 bridgehead atoms. The Labute approximate surface area is 142 Å². The van der Waals surface area contributed by atoms with Crippen molar-refractivity contribution in [3.05, 3.63) is 95.0 Å². The molecule has 2 heteroatoms. The van der Waals surface area contributed by atoms with E-state index in [9.17, 15) is 5.11 Å². The van der Waals surface area contributed by atoms with Gasteiger partial charge < -0.3 is 5.11 Å². The van der Waals surface area contributed by atoms with Crippen LogP contribution in [0.3, 0.4) is 0 Å². The highest BCUT2D eigenvalue weighted by Gasteiger charge is 2.23. The fourth-order valence-corrected chi connectivity index (χ4v) is 2.88. The Balaban J connectivity index is 1.81. The smallest absolute Gasteiger partial charge is 0.0908 e. The topological polar surface area (TPSA) is 20.2 Å². The van der Waals surface area contributed by atoms with Gasteiger partial charge in [0, 0.05) is 11.4 Å². The van der Waals surface area contributed by atoms with Crippen molar-refractivity contribution in [2.75, 3.05) is 0 Å². The van der Waals surface area contributed by atoms with Gasteiger partial charge in [0.25, 0.3) is 0 Å². The molecule has 1 unspecified atom stereocenters. The van der Waals surface area contributed by atoms with Crippen LogP contribution in [0.1, 0.15) is 18.1 Å². The Bertz CT molecular complexity index is 759. The molecule has 1 N–H and O–H groups in total. The normalized spacial score (nSPS) is 13.5. The van der Waals surface area contributed by atoms with Crippen LogP contribution in [0.4, 0.5) is 0 Å². The molecule has 1 nitrogen and oxygen atoms in total. The molecule has 0 spiro atoms. The Kier molecular flexibility index (Phi) is 4.51. The van der Waals surface area contributed by atoms with Crippen molar-refractivity contribution in [2.24, 2.45) is 0 Å². The second kappa shape index (κ2) is 6.57. The molecule has 3 rings (SSSR count). The average Bonchev–Trinajstić information content (AvgIpc) is 2.58. The Morgan fingerprint density at radius 3 is 1.96 bits per heavy atom. The summed E-state index contributed by atoms with van der Waals surface area (Å²) in [5.74, 6) is 0. The molecule has 1 atom stereocenters. The summed E-state index contributed by atoms with van der Waals surface area (Å²) in [6, 6.07) is 26.0. The summed E-state index contributed by atoms with van der Waals surface area (Å²) in [7, 11) is 0. The summed E-state index contributed by atoms with van der Waals surface area (Å²) >= 11 is 5.91. The molecule has 0 saturated heterocycles. The van der Waals surface area contributed by atoms with Crippen LogP contribution < -0.4 is 0 Å². The summed E-state index contributed by atoms with van der Waals surface area (Å²) in [5, 5.41) is 11.5. The highest BCUT2D eigenvalue weighted by atomic mass is 35.5. The van der Waals surface area contributed by atoms with Crippen LogP contribution >= 0.6 is 11.6 Å². The predicted octanol–water partition coefficient (Wildman–Crippen LogP) is 5.46. The molecule has 0 aliphatic rings. The van der Waals surface area contributed by atoms with Crippen molar-refractivity contribution in [1.82, 2.24) is 0 Å². The van der Waals surface area contributed by atoms with Gasteiger partial charge in [-0.15, -0.1) is 0 Å². The summed E-state index contributed by atoms with van der Waals surface area (Å²) in [5.41, 5.74) is 3.38. The van der Waals surface area contributed by atoms with Gasteiger partial charge in [-0.1, -0.05) is 78.3 Å². The van der Waals surface area contributed by atoms with E-state index in [4.69, 9.17) is 11.6 Å². The summed E-state index contributed by atoms with van der Waals surface area (Å²) < 4.78 is 0. The first-order valence-electron chi connectivity index (χ1n) is 7.67. The van der Waals surface area contributed by atoms with E-state index in [0.29, 0.717) is 11.4 Å². The van der Waals surface area contributed by atoms with Crippen molar-refractivity contribution in [2.45, 2.75) is 18.9 Å². The molecule has 3 aromatic rings. The number of hydrogen-bond acceptors (Lipinski definition) is 1. The molecule has 3 aromatic carbocycles. The van der Waals surface area contributed by atoms with Gasteiger partial charge in [0.15, 0.2) is 0 Å². The molecule has 0 fully saturated rings. The third-order valence-electron chi connectivity index (χ3n) is 4.08.